The first-order chi connectivity index (χ1) is 7.40. The maximum Gasteiger partial charge on any atom is 0.197 e. The second kappa shape index (κ2) is 4.97. The maximum atomic E-state index is 11.9. The van der Waals surface area contributed by atoms with Crippen molar-refractivity contribution < 1.29 is 13.2 Å². The highest BCUT2D eigenvalue weighted by Crippen LogP contribution is 2.17. The van der Waals surface area contributed by atoms with Gasteiger partial charge in [0.25, 0.3) is 0 Å². The summed E-state index contributed by atoms with van der Waals surface area (Å²) in [5.41, 5.74) is 1.09. The Bertz CT molecular complexity index is 494. The summed E-state index contributed by atoms with van der Waals surface area (Å²) in [6.45, 7) is 3.21. The van der Waals surface area contributed by atoms with Crippen LogP contribution in [0, 0.1) is 6.92 Å². The zero-order valence-electron chi connectivity index (χ0n) is 9.10. The Hall–Kier alpha value is -0.870. The van der Waals surface area contributed by atoms with Gasteiger partial charge in [-0.05, 0) is 12.5 Å². The topological polar surface area (TPSA) is 51.2 Å². The molecule has 0 saturated carbocycles. The van der Waals surface area contributed by atoms with E-state index >= 15 is 0 Å². The number of Topliss-reactive ketones (excluding diaryl/α,β-unsaturated/α-hetero) is 1. The van der Waals surface area contributed by atoms with Gasteiger partial charge in [-0.1, -0.05) is 42.8 Å². The van der Waals surface area contributed by atoms with Crippen LogP contribution in [0.15, 0.2) is 24.3 Å². The third-order valence-electron chi connectivity index (χ3n) is 2.33. The number of hydrogen-bond acceptors (Lipinski definition) is 3. The van der Waals surface area contributed by atoms with Gasteiger partial charge in [-0.15, -0.1) is 0 Å². The molecule has 0 fully saturated rings. The van der Waals surface area contributed by atoms with Crippen molar-refractivity contribution in [1.82, 2.24) is 0 Å². The molecule has 0 radical (unpaired) electrons. The molecule has 88 valence electrons. The molecule has 0 aliphatic carbocycles. The quantitative estimate of drug-likeness (QED) is 0.616. The highest BCUT2D eigenvalue weighted by Gasteiger charge is 2.30. The van der Waals surface area contributed by atoms with E-state index in [4.69, 9.17) is 11.6 Å². The molecule has 1 rings (SSSR count). The third kappa shape index (κ3) is 2.62. The van der Waals surface area contributed by atoms with Crippen LogP contribution in [-0.2, 0) is 9.84 Å². The highest BCUT2D eigenvalue weighted by atomic mass is 35.5. The van der Waals surface area contributed by atoms with E-state index in [-0.39, 0.29) is 5.75 Å². The van der Waals surface area contributed by atoms with Gasteiger partial charge in [0.1, 0.15) is 0 Å². The van der Waals surface area contributed by atoms with Gasteiger partial charge in [0.15, 0.2) is 20.3 Å². The standard InChI is InChI=1S/C11H13ClO3S/c1-3-16(14,15)11(12)10(13)9-7-5-4-6-8(9)2/h4-7,11H,3H2,1-2H3/t11-/m0/s1. The molecule has 16 heavy (non-hydrogen) atoms. The van der Waals surface area contributed by atoms with Crippen LogP contribution in [0.25, 0.3) is 0 Å². The number of sulfone groups is 1. The van der Waals surface area contributed by atoms with E-state index in [1.54, 1.807) is 31.2 Å². The first-order valence-electron chi connectivity index (χ1n) is 4.85. The number of carbonyl (C=O) groups is 1. The average molecular weight is 261 g/mol. The monoisotopic (exact) mass is 260 g/mol. The van der Waals surface area contributed by atoms with E-state index in [1.807, 2.05) is 0 Å². The fraction of sp³-hybridized carbons (Fsp3) is 0.364. The summed E-state index contributed by atoms with van der Waals surface area (Å²) in [7, 11) is -3.55. The van der Waals surface area contributed by atoms with Crippen molar-refractivity contribution in [3.63, 3.8) is 0 Å². The molecule has 0 bridgehead atoms. The number of alkyl halides is 1. The molecule has 0 N–H and O–H groups in total. The van der Waals surface area contributed by atoms with Crippen LogP contribution in [-0.4, -0.2) is 24.7 Å². The molecule has 0 amide bonds. The summed E-state index contributed by atoms with van der Waals surface area (Å²) in [6.07, 6.45) is 0. The first kappa shape index (κ1) is 13.2. The van der Waals surface area contributed by atoms with Crippen molar-refractivity contribution >= 4 is 27.2 Å². The molecule has 0 saturated heterocycles. The molecule has 0 heterocycles. The molecule has 5 heteroatoms. The predicted octanol–water partition coefficient (Wildman–Crippen LogP) is 2.18. The normalized spacial score (nSPS) is 13.4. The highest BCUT2D eigenvalue weighted by molar-refractivity contribution is 7.94. The van der Waals surface area contributed by atoms with Crippen LogP contribution in [0.3, 0.4) is 0 Å². The fourth-order valence-corrected chi connectivity index (χ4v) is 2.52. The van der Waals surface area contributed by atoms with Crippen molar-refractivity contribution in [3.05, 3.63) is 35.4 Å². The summed E-state index contributed by atoms with van der Waals surface area (Å²) in [4.78, 5) is 11.9. The minimum atomic E-state index is -3.55. The molecular formula is C11H13ClO3S. The van der Waals surface area contributed by atoms with Crippen molar-refractivity contribution in [2.75, 3.05) is 5.75 Å². The average Bonchev–Trinajstić information content (AvgIpc) is 2.27. The Morgan fingerprint density at radius 2 is 1.94 bits per heavy atom. The van der Waals surface area contributed by atoms with Gasteiger partial charge in [0.05, 0.1) is 0 Å². The number of ketones is 1. The van der Waals surface area contributed by atoms with E-state index < -0.39 is 20.3 Å². The Labute approximate surface area is 100 Å². The molecule has 3 nitrogen and oxygen atoms in total. The lowest BCUT2D eigenvalue weighted by atomic mass is 10.1. The minimum absolute atomic E-state index is 0.140. The Morgan fingerprint density at radius 3 is 2.44 bits per heavy atom. The van der Waals surface area contributed by atoms with Crippen molar-refractivity contribution in [1.29, 1.82) is 0 Å². The number of aryl methyl sites for hydroxylation is 1. The molecule has 0 aromatic heterocycles. The molecule has 0 unspecified atom stereocenters. The lowest BCUT2D eigenvalue weighted by Gasteiger charge is -2.10. The fourth-order valence-electron chi connectivity index (χ4n) is 1.28. The van der Waals surface area contributed by atoms with Gasteiger partial charge in [-0.3, -0.25) is 4.79 Å². The number of hydrogen-bond donors (Lipinski definition) is 0. The smallest absolute Gasteiger partial charge is 0.197 e. The largest absolute Gasteiger partial charge is 0.291 e. The van der Waals surface area contributed by atoms with Crippen molar-refractivity contribution in [2.45, 2.75) is 18.6 Å². The molecule has 0 aliphatic rings. The number of carbonyl (C=O) groups excluding carboxylic acids is 1. The van der Waals surface area contributed by atoms with Gasteiger partial charge in [-0.2, -0.15) is 0 Å². The lowest BCUT2D eigenvalue weighted by Crippen LogP contribution is -2.27. The van der Waals surface area contributed by atoms with E-state index in [2.05, 4.69) is 0 Å². The minimum Gasteiger partial charge on any atom is -0.291 e. The second-order valence-electron chi connectivity index (χ2n) is 3.45. The Balaban J connectivity index is 3.10. The first-order valence-corrected chi connectivity index (χ1v) is 7.01. The molecule has 1 aromatic rings. The number of benzene rings is 1. The van der Waals surface area contributed by atoms with Crippen LogP contribution in [0.5, 0.6) is 0 Å². The Morgan fingerprint density at radius 1 is 1.38 bits per heavy atom. The van der Waals surface area contributed by atoms with E-state index in [9.17, 15) is 13.2 Å². The molecular weight excluding hydrogens is 248 g/mol. The number of halogens is 1. The predicted molar refractivity (Wildman–Crippen MR) is 64.6 cm³/mol. The zero-order valence-corrected chi connectivity index (χ0v) is 10.7. The van der Waals surface area contributed by atoms with Gasteiger partial charge in [0.2, 0.25) is 0 Å². The third-order valence-corrected chi connectivity index (χ3v) is 5.00. The lowest BCUT2D eigenvalue weighted by molar-refractivity contribution is 0.101. The van der Waals surface area contributed by atoms with Crippen LogP contribution < -0.4 is 0 Å². The summed E-state index contributed by atoms with van der Waals surface area (Å²) < 4.78 is 21.5. The van der Waals surface area contributed by atoms with Gasteiger partial charge < -0.3 is 0 Å². The van der Waals surface area contributed by atoms with Crippen LogP contribution in [0.1, 0.15) is 22.8 Å². The molecule has 0 aliphatic heterocycles. The van der Waals surface area contributed by atoms with E-state index in [0.29, 0.717) is 5.56 Å². The van der Waals surface area contributed by atoms with Gasteiger partial charge in [0, 0.05) is 11.3 Å². The second-order valence-corrected chi connectivity index (χ2v) is 6.52. The Kier molecular flexibility index (Phi) is 4.10. The number of rotatable bonds is 4. The molecule has 1 aromatic carbocycles. The summed E-state index contributed by atoms with van der Waals surface area (Å²) in [5, 5.41) is 0. The van der Waals surface area contributed by atoms with Crippen molar-refractivity contribution in [3.8, 4) is 0 Å². The van der Waals surface area contributed by atoms with Gasteiger partial charge >= 0.3 is 0 Å². The van der Waals surface area contributed by atoms with Gasteiger partial charge in [-0.25, -0.2) is 8.42 Å². The van der Waals surface area contributed by atoms with E-state index in [0.717, 1.165) is 5.56 Å². The van der Waals surface area contributed by atoms with Crippen LogP contribution in [0.4, 0.5) is 0 Å². The summed E-state index contributed by atoms with van der Waals surface area (Å²) in [6, 6.07) is 6.79. The van der Waals surface area contributed by atoms with E-state index in [1.165, 1.54) is 6.92 Å². The molecule has 1 atom stereocenters. The SMILES string of the molecule is CCS(=O)(=O)[C@H](Cl)C(=O)c1ccccc1C. The van der Waals surface area contributed by atoms with Crippen LogP contribution in [0.2, 0.25) is 0 Å². The maximum absolute atomic E-state index is 11.9. The van der Waals surface area contributed by atoms with Crippen LogP contribution >= 0.6 is 11.6 Å². The summed E-state index contributed by atoms with van der Waals surface area (Å²) >= 11 is 5.69. The van der Waals surface area contributed by atoms with Crippen molar-refractivity contribution in [2.24, 2.45) is 0 Å². The summed E-state index contributed by atoms with van der Waals surface area (Å²) in [5.74, 6) is -0.694. The zero-order chi connectivity index (χ0) is 12.3. The molecule has 0 spiro atoms.